The molecule has 0 spiro atoms. The van der Waals surface area contributed by atoms with E-state index in [1.807, 2.05) is 0 Å². The highest BCUT2D eigenvalue weighted by Gasteiger charge is 2.81. The van der Waals surface area contributed by atoms with Crippen molar-refractivity contribution in [2.75, 3.05) is 13.2 Å². The van der Waals surface area contributed by atoms with E-state index in [0.717, 1.165) is 4.47 Å². The Morgan fingerprint density at radius 1 is 0.931 bits per heavy atom. The number of halogens is 1. The van der Waals surface area contributed by atoms with E-state index in [1.54, 1.807) is 56.3 Å². The highest BCUT2D eigenvalue weighted by Crippen LogP contribution is 2.65. The number of sulfone groups is 1. The van der Waals surface area contributed by atoms with Crippen molar-refractivity contribution < 1.29 is 27.5 Å². The van der Waals surface area contributed by atoms with Gasteiger partial charge < -0.3 is 9.47 Å². The molecule has 0 amide bonds. The summed E-state index contributed by atoms with van der Waals surface area (Å²) >= 11 is 3.34. The average molecular weight is 481 g/mol. The summed E-state index contributed by atoms with van der Waals surface area (Å²) in [5.74, 6) is -2.66. The highest BCUT2D eigenvalue weighted by molar-refractivity contribution is 9.10. The monoisotopic (exact) mass is 480 g/mol. The van der Waals surface area contributed by atoms with Crippen LogP contribution >= 0.6 is 15.9 Å². The van der Waals surface area contributed by atoms with Crippen molar-refractivity contribution in [2.45, 2.75) is 29.9 Å². The number of hydrogen-bond acceptors (Lipinski definition) is 6. The average Bonchev–Trinajstić information content (AvgIpc) is 3.42. The fourth-order valence-electron chi connectivity index (χ4n) is 3.72. The van der Waals surface area contributed by atoms with Crippen molar-refractivity contribution in [3.63, 3.8) is 0 Å². The largest absolute Gasteiger partial charge is 0.465 e. The zero-order valence-corrected chi connectivity index (χ0v) is 18.4. The number of carbonyl (C=O) groups excluding carboxylic acids is 2. The second kappa shape index (κ2) is 8.28. The standard InChI is InChI=1S/C21H21BrO6S/c1-3-27-19(23)21(20(24)28-4-2)17(14-10-12-15(22)13-11-14)18(21)29(25,26)16-8-6-5-7-9-16/h5-13,17-18H,3-4H2,1-2H3/t17-,18-/m0/s1. The Labute approximate surface area is 178 Å². The van der Waals surface area contributed by atoms with Crippen LogP contribution in [0.5, 0.6) is 0 Å². The summed E-state index contributed by atoms with van der Waals surface area (Å²) in [6.07, 6.45) is 0. The molecule has 0 aliphatic heterocycles. The third-order valence-electron chi connectivity index (χ3n) is 4.99. The molecule has 1 saturated carbocycles. The summed E-state index contributed by atoms with van der Waals surface area (Å²) < 4.78 is 38.0. The molecular weight excluding hydrogens is 460 g/mol. The zero-order valence-electron chi connectivity index (χ0n) is 16.0. The Hall–Kier alpha value is -2.19. The van der Waals surface area contributed by atoms with Gasteiger partial charge in [-0.05, 0) is 43.7 Å². The first-order valence-corrected chi connectivity index (χ1v) is 11.5. The summed E-state index contributed by atoms with van der Waals surface area (Å²) in [6.45, 7) is 3.25. The molecule has 3 rings (SSSR count). The molecule has 0 N–H and O–H groups in total. The van der Waals surface area contributed by atoms with Crippen LogP contribution in [-0.2, 0) is 28.9 Å². The molecule has 0 bridgehead atoms. The van der Waals surface area contributed by atoms with Crippen LogP contribution < -0.4 is 0 Å². The van der Waals surface area contributed by atoms with Crippen LogP contribution in [0, 0.1) is 5.41 Å². The molecule has 1 aliphatic rings. The number of rotatable bonds is 7. The van der Waals surface area contributed by atoms with E-state index >= 15 is 0 Å². The van der Waals surface area contributed by atoms with Gasteiger partial charge in [0, 0.05) is 10.4 Å². The lowest BCUT2D eigenvalue weighted by molar-refractivity contribution is -0.164. The molecule has 0 unspecified atom stereocenters. The summed E-state index contributed by atoms with van der Waals surface area (Å²) in [7, 11) is -4.02. The first-order valence-electron chi connectivity index (χ1n) is 9.20. The smallest absolute Gasteiger partial charge is 0.325 e. The van der Waals surface area contributed by atoms with Crippen LogP contribution in [0.2, 0.25) is 0 Å². The minimum Gasteiger partial charge on any atom is -0.465 e. The van der Waals surface area contributed by atoms with Gasteiger partial charge in [-0.2, -0.15) is 0 Å². The zero-order chi connectivity index (χ0) is 21.2. The van der Waals surface area contributed by atoms with E-state index in [1.165, 1.54) is 12.1 Å². The second-order valence-electron chi connectivity index (χ2n) is 6.62. The van der Waals surface area contributed by atoms with Crippen molar-refractivity contribution in [1.82, 2.24) is 0 Å². The number of ether oxygens (including phenoxy) is 2. The van der Waals surface area contributed by atoms with Gasteiger partial charge >= 0.3 is 11.9 Å². The van der Waals surface area contributed by atoms with Gasteiger partial charge in [-0.15, -0.1) is 0 Å². The van der Waals surface area contributed by atoms with E-state index in [-0.39, 0.29) is 18.1 Å². The molecule has 0 heterocycles. The van der Waals surface area contributed by atoms with Gasteiger partial charge in [0.25, 0.3) is 0 Å². The molecular formula is C21H21BrO6S. The molecule has 0 radical (unpaired) electrons. The number of carbonyl (C=O) groups is 2. The fourth-order valence-corrected chi connectivity index (χ4v) is 6.29. The quantitative estimate of drug-likeness (QED) is 0.445. The Kier molecular flexibility index (Phi) is 6.14. The van der Waals surface area contributed by atoms with Crippen LogP contribution in [0.25, 0.3) is 0 Å². The van der Waals surface area contributed by atoms with Crippen molar-refractivity contribution in [3.05, 3.63) is 64.6 Å². The maximum Gasteiger partial charge on any atom is 0.325 e. The van der Waals surface area contributed by atoms with Crippen LogP contribution in [0.4, 0.5) is 0 Å². The first kappa shape index (κ1) is 21.5. The van der Waals surface area contributed by atoms with Crippen LogP contribution in [0.1, 0.15) is 25.3 Å². The molecule has 0 saturated heterocycles. The molecule has 1 aliphatic carbocycles. The predicted octanol–water partition coefficient (Wildman–Crippen LogP) is 3.50. The lowest BCUT2D eigenvalue weighted by Gasteiger charge is -2.15. The number of hydrogen-bond donors (Lipinski definition) is 0. The van der Waals surface area contributed by atoms with Crippen LogP contribution in [0.15, 0.2) is 64.0 Å². The van der Waals surface area contributed by atoms with E-state index in [0.29, 0.717) is 5.56 Å². The van der Waals surface area contributed by atoms with Gasteiger partial charge in [0.15, 0.2) is 15.3 Å². The van der Waals surface area contributed by atoms with Gasteiger partial charge in [-0.25, -0.2) is 8.42 Å². The maximum absolute atomic E-state index is 13.5. The second-order valence-corrected chi connectivity index (χ2v) is 9.60. The highest BCUT2D eigenvalue weighted by atomic mass is 79.9. The van der Waals surface area contributed by atoms with Gasteiger partial charge in [0.1, 0.15) is 5.25 Å². The van der Waals surface area contributed by atoms with Gasteiger partial charge in [-0.1, -0.05) is 46.3 Å². The van der Waals surface area contributed by atoms with E-state index in [4.69, 9.17) is 9.47 Å². The summed E-state index contributed by atoms with van der Waals surface area (Å²) in [5.41, 5.74) is -1.38. The first-order chi connectivity index (χ1) is 13.8. The third kappa shape index (κ3) is 3.59. The molecule has 29 heavy (non-hydrogen) atoms. The lowest BCUT2D eigenvalue weighted by atomic mass is 9.99. The molecule has 6 nitrogen and oxygen atoms in total. The number of esters is 2. The van der Waals surface area contributed by atoms with E-state index in [9.17, 15) is 18.0 Å². The molecule has 154 valence electrons. The fraction of sp³-hybridized carbons (Fsp3) is 0.333. The number of benzene rings is 2. The Morgan fingerprint density at radius 3 is 1.93 bits per heavy atom. The third-order valence-corrected chi connectivity index (χ3v) is 7.76. The van der Waals surface area contributed by atoms with Crippen LogP contribution in [-0.4, -0.2) is 38.8 Å². The van der Waals surface area contributed by atoms with E-state index < -0.39 is 38.4 Å². The normalized spacial score (nSPS) is 20.0. The Balaban J connectivity index is 2.19. The summed E-state index contributed by atoms with van der Waals surface area (Å²) in [6, 6.07) is 14.7. The maximum atomic E-state index is 13.5. The van der Waals surface area contributed by atoms with E-state index in [2.05, 4.69) is 15.9 Å². The van der Waals surface area contributed by atoms with Crippen molar-refractivity contribution in [1.29, 1.82) is 0 Å². The molecule has 2 aromatic carbocycles. The molecule has 2 aromatic rings. The SMILES string of the molecule is CCOC(=O)C1(C(=O)OCC)[C@@H](c2ccc(Br)cc2)[C@@H]1S(=O)(=O)c1ccccc1. The van der Waals surface area contributed by atoms with Gasteiger partial charge in [0.05, 0.1) is 18.1 Å². The minimum absolute atomic E-state index is 0.0190. The molecule has 0 aromatic heterocycles. The Bertz CT molecular complexity index is 983. The van der Waals surface area contributed by atoms with Crippen molar-refractivity contribution in [2.24, 2.45) is 5.41 Å². The minimum atomic E-state index is -4.02. The Morgan fingerprint density at radius 2 is 1.45 bits per heavy atom. The van der Waals surface area contributed by atoms with Crippen molar-refractivity contribution in [3.8, 4) is 0 Å². The lowest BCUT2D eigenvalue weighted by Crippen LogP contribution is -2.35. The molecule has 8 heteroatoms. The summed E-state index contributed by atoms with van der Waals surface area (Å²) in [5, 5.41) is -1.31. The molecule has 1 fully saturated rings. The van der Waals surface area contributed by atoms with Gasteiger partial charge in [0.2, 0.25) is 0 Å². The topological polar surface area (TPSA) is 86.7 Å². The van der Waals surface area contributed by atoms with Gasteiger partial charge in [-0.3, -0.25) is 9.59 Å². The predicted molar refractivity (Wildman–Crippen MR) is 110 cm³/mol. The van der Waals surface area contributed by atoms with Crippen molar-refractivity contribution >= 4 is 37.7 Å². The summed E-state index contributed by atoms with van der Waals surface area (Å²) in [4.78, 5) is 26.0. The molecule has 2 atom stereocenters. The van der Waals surface area contributed by atoms with Crippen LogP contribution in [0.3, 0.4) is 0 Å².